The second kappa shape index (κ2) is 68.6. The molecule has 19 heteroatoms. The average Bonchev–Trinajstić information content (AvgIpc) is 3.31. The molecule has 0 aromatic rings. The molecular weight excluding hydrogens is 1220 g/mol. The highest BCUT2D eigenvalue weighted by Crippen LogP contribution is 2.45. The van der Waals surface area contributed by atoms with Gasteiger partial charge in [-0.2, -0.15) is 0 Å². The van der Waals surface area contributed by atoms with Crippen LogP contribution in [0.25, 0.3) is 0 Å². The maximum absolute atomic E-state index is 13.1. The van der Waals surface area contributed by atoms with Gasteiger partial charge in [0, 0.05) is 25.7 Å². The molecule has 0 radical (unpaired) electrons. The Balaban J connectivity index is 5.24. The highest BCUT2D eigenvalue weighted by molar-refractivity contribution is 7.47. The summed E-state index contributed by atoms with van der Waals surface area (Å²) in [5.41, 5.74) is 0. The summed E-state index contributed by atoms with van der Waals surface area (Å²) in [6, 6.07) is 0. The fourth-order valence-electron chi connectivity index (χ4n) is 11.4. The van der Waals surface area contributed by atoms with Crippen molar-refractivity contribution in [1.82, 2.24) is 0 Å². The van der Waals surface area contributed by atoms with Crippen molar-refractivity contribution in [1.29, 1.82) is 0 Å². The fraction of sp³-hybridized carbons (Fsp3) is 0.946. The average molecular weight is 1370 g/mol. The molecule has 0 spiro atoms. The number of hydrogen-bond acceptors (Lipinski definition) is 15. The van der Waals surface area contributed by atoms with E-state index in [1.54, 1.807) is 0 Å². The molecule has 0 rings (SSSR count). The number of rotatable bonds is 75. The SMILES string of the molecule is CCCCCCCCCCCCCCCCCCC(=O)O[C@H](COC(=O)CCCCCCCCCCCCCCCCC)COP(=O)(O)OC[C@@H](O)COP(=O)(O)OC[C@@H](COC(=O)CCCCCCCCCCCC)OC(=O)CCCCCCCCCCCCCC. The number of ether oxygens (including phenoxy) is 4. The molecule has 0 aliphatic carbocycles. The molecule has 0 aromatic carbocycles. The van der Waals surface area contributed by atoms with E-state index in [9.17, 15) is 43.2 Å². The summed E-state index contributed by atoms with van der Waals surface area (Å²) in [6.07, 6.45) is 58.1. The topological polar surface area (TPSA) is 237 Å². The lowest BCUT2D eigenvalue weighted by molar-refractivity contribution is -0.161. The molecule has 0 saturated carbocycles. The molecule has 0 heterocycles. The highest BCUT2D eigenvalue weighted by Gasteiger charge is 2.30. The molecule has 0 aliphatic rings. The van der Waals surface area contributed by atoms with Crippen molar-refractivity contribution >= 4 is 39.5 Å². The number of esters is 4. The summed E-state index contributed by atoms with van der Waals surface area (Å²) in [5.74, 6) is -2.11. The summed E-state index contributed by atoms with van der Waals surface area (Å²) in [5, 5.41) is 10.6. The molecule has 0 bridgehead atoms. The van der Waals surface area contributed by atoms with Gasteiger partial charge in [-0.1, -0.05) is 342 Å². The lowest BCUT2D eigenvalue weighted by atomic mass is 10.0. The Hall–Kier alpha value is -1.94. The van der Waals surface area contributed by atoms with Crippen LogP contribution in [0.4, 0.5) is 0 Å². The van der Waals surface area contributed by atoms with Crippen LogP contribution in [-0.2, 0) is 65.4 Å². The predicted molar refractivity (Wildman–Crippen MR) is 377 cm³/mol. The van der Waals surface area contributed by atoms with Crippen LogP contribution < -0.4 is 0 Å². The Bertz CT molecular complexity index is 1770. The van der Waals surface area contributed by atoms with E-state index in [-0.39, 0.29) is 25.7 Å². The Labute approximate surface area is 568 Å². The van der Waals surface area contributed by atoms with Gasteiger partial charge >= 0.3 is 39.5 Å². The van der Waals surface area contributed by atoms with Crippen molar-refractivity contribution < 1.29 is 80.2 Å². The molecule has 2 unspecified atom stereocenters. The third kappa shape index (κ3) is 68.4. The number of carbonyl (C=O) groups is 4. The Kier molecular flexibility index (Phi) is 67.1. The minimum atomic E-state index is -4.95. The fourth-order valence-corrected chi connectivity index (χ4v) is 13.0. The molecule has 3 N–H and O–H groups in total. The number of phosphoric acid groups is 2. The monoisotopic (exact) mass is 1370 g/mol. The predicted octanol–water partition coefficient (Wildman–Crippen LogP) is 21.8. The first-order valence-electron chi connectivity index (χ1n) is 38.8. The van der Waals surface area contributed by atoms with Crippen LogP contribution in [0.3, 0.4) is 0 Å². The summed E-state index contributed by atoms with van der Waals surface area (Å²) in [4.78, 5) is 72.7. The zero-order chi connectivity index (χ0) is 68.2. The molecule has 552 valence electrons. The Morgan fingerprint density at radius 3 is 0.634 bits per heavy atom. The van der Waals surface area contributed by atoms with Crippen LogP contribution in [0.15, 0.2) is 0 Å². The zero-order valence-corrected chi connectivity index (χ0v) is 62.0. The molecule has 0 aromatic heterocycles. The van der Waals surface area contributed by atoms with Gasteiger partial charge in [0.05, 0.1) is 26.4 Å². The number of carbonyl (C=O) groups excluding carboxylic acids is 4. The number of aliphatic hydroxyl groups is 1. The highest BCUT2D eigenvalue weighted by atomic mass is 31.2. The van der Waals surface area contributed by atoms with Gasteiger partial charge < -0.3 is 33.8 Å². The molecule has 93 heavy (non-hydrogen) atoms. The standard InChI is InChI=1S/C74H144O17P2/c1-5-9-13-17-21-25-29-32-34-36-38-41-45-49-53-57-61-74(79)91-70(65-85-72(77)59-55-51-47-43-40-37-35-33-30-26-22-18-14-10-6-2)67-89-93(82,83)87-63-68(75)62-86-92(80,81)88-66-69(64-84-71(76)58-54-50-46-42-28-24-20-16-12-8-4)90-73(78)60-56-52-48-44-39-31-27-23-19-15-11-7-3/h68-70,75H,5-67H2,1-4H3,(H,80,81)(H,82,83)/t68-,69+,70+/m0/s1. The van der Waals surface area contributed by atoms with Gasteiger partial charge in [-0.05, 0) is 25.7 Å². The first-order chi connectivity index (χ1) is 45.2. The second-order valence-corrected chi connectivity index (χ2v) is 29.6. The van der Waals surface area contributed by atoms with Gasteiger partial charge in [0.1, 0.15) is 19.3 Å². The maximum Gasteiger partial charge on any atom is 0.472 e. The Morgan fingerprint density at radius 1 is 0.258 bits per heavy atom. The summed E-state index contributed by atoms with van der Waals surface area (Å²) >= 11 is 0. The third-order valence-electron chi connectivity index (χ3n) is 17.4. The quantitative estimate of drug-likeness (QED) is 0.0222. The molecule has 0 fully saturated rings. The smallest absolute Gasteiger partial charge is 0.462 e. The minimum absolute atomic E-state index is 0.108. The molecule has 0 amide bonds. The van der Waals surface area contributed by atoms with Gasteiger partial charge in [0.15, 0.2) is 12.2 Å². The van der Waals surface area contributed by atoms with E-state index < -0.39 is 97.5 Å². The van der Waals surface area contributed by atoms with Gasteiger partial charge in [-0.25, -0.2) is 9.13 Å². The van der Waals surface area contributed by atoms with Crippen LogP contribution in [-0.4, -0.2) is 96.7 Å². The van der Waals surface area contributed by atoms with Gasteiger partial charge in [-0.3, -0.25) is 37.3 Å². The summed E-state index contributed by atoms with van der Waals surface area (Å²) < 4.78 is 68.5. The van der Waals surface area contributed by atoms with Crippen molar-refractivity contribution in [3.8, 4) is 0 Å². The first kappa shape index (κ1) is 91.1. The van der Waals surface area contributed by atoms with E-state index in [4.69, 9.17) is 37.0 Å². The molecule has 5 atom stereocenters. The lowest BCUT2D eigenvalue weighted by Crippen LogP contribution is -2.30. The lowest BCUT2D eigenvalue weighted by Gasteiger charge is -2.21. The van der Waals surface area contributed by atoms with Crippen LogP contribution >= 0.6 is 15.6 Å². The molecule has 0 aliphatic heterocycles. The largest absolute Gasteiger partial charge is 0.472 e. The van der Waals surface area contributed by atoms with Crippen LogP contribution in [0.5, 0.6) is 0 Å². The van der Waals surface area contributed by atoms with E-state index in [1.165, 1.54) is 225 Å². The van der Waals surface area contributed by atoms with Crippen LogP contribution in [0.2, 0.25) is 0 Å². The zero-order valence-electron chi connectivity index (χ0n) is 60.2. The van der Waals surface area contributed by atoms with Crippen molar-refractivity contribution in [3.05, 3.63) is 0 Å². The van der Waals surface area contributed by atoms with Crippen molar-refractivity contribution in [2.24, 2.45) is 0 Å². The van der Waals surface area contributed by atoms with Crippen LogP contribution in [0.1, 0.15) is 394 Å². The van der Waals surface area contributed by atoms with Gasteiger partial charge in [0.25, 0.3) is 0 Å². The van der Waals surface area contributed by atoms with Crippen molar-refractivity contribution in [3.63, 3.8) is 0 Å². The van der Waals surface area contributed by atoms with E-state index >= 15 is 0 Å². The molecular formula is C74H144O17P2. The van der Waals surface area contributed by atoms with E-state index in [0.29, 0.717) is 25.7 Å². The van der Waals surface area contributed by atoms with Crippen LogP contribution in [0, 0.1) is 0 Å². The van der Waals surface area contributed by atoms with Crippen molar-refractivity contribution in [2.45, 2.75) is 412 Å². The van der Waals surface area contributed by atoms with Gasteiger partial charge in [-0.15, -0.1) is 0 Å². The first-order valence-corrected chi connectivity index (χ1v) is 41.8. The van der Waals surface area contributed by atoms with E-state index in [0.717, 1.165) is 89.9 Å². The Morgan fingerprint density at radius 2 is 0.430 bits per heavy atom. The maximum atomic E-state index is 13.1. The number of unbranched alkanes of at least 4 members (excludes halogenated alkanes) is 49. The van der Waals surface area contributed by atoms with E-state index in [2.05, 4.69) is 27.7 Å². The number of phosphoric ester groups is 2. The summed E-state index contributed by atoms with van der Waals surface area (Å²) in [7, 11) is -9.90. The molecule has 0 saturated heterocycles. The number of aliphatic hydroxyl groups excluding tert-OH is 1. The van der Waals surface area contributed by atoms with Crippen molar-refractivity contribution in [2.75, 3.05) is 39.6 Å². The normalized spacial score (nSPS) is 13.9. The van der Waals surface area contributed by atoms with E-state index in [1.807, 2.05) is 0 Å². The summed E-state index contributed by atoms with van der Waals surface area (Å²) in [6.45, 7) is 4.98. The molecule has 17 nitrogen and oxygen atoms in total. The number of hydrogen-bond donors (Lipinski definition) is 3. The van der Waals surface area contributed by atoms with Gasteiger partial charge in [0.2, 0.25) is 0 Å². The third-order valence-corrected chi connectivity index (χ3v) is 19.3. The second-order valence-electron chi connectivity index (χ2n) is 26.7. The minimum Gasteiger partial charge on any atom is -0.462 e.